The lowest BCUT2D eigenvalue weighted by atomic mass is 9.97. The van der Waals surface area contributed by atoms with Crippen molar-refractivity contribution in [3.63, 3.8) is 0 Å². The van der Waals surface area contributed by atoms with Gasteiger partial charge in [-0.05, 0) is 56.7 Å². The highest BCUT2D eigenvalue weighted by Gasteiger charge is 2.28. The number of hydrogen-bond donors (Lipinski definition) is 1. The summed E-state index contributed by atoms with van der Waals surface area (Å²) in [6.45, 7) is 1.64. The van der Waals surface area contributed by atoms with Crippen LogP contribution in [-0.2, 0) is 17.6 Å². The van der Waals surface area contributed by atoms with Gasteiger partial charge in [0, 0.05) is 18.0 Å². The molecule has 1 saturated heterocycles. The average molecular weight is 429 g/mol. The second-order valence-electron chi connectivity index (χ2n) is 7.70. The molecule has 1 fully saturated rings. The topological polar surface area (TPSA) is 67.3 Å². The van der Waals surface area contributed by atoms with E-state index in [2.05, 4.69) is 15.2 Å². The number of nitrogens with one attached hydrogen (secondary N) is 1. The minimum Gasteiger partial charge on any atom is -0.497 e. The summed E-state index contributed by atoms with van der Waals surface area (Å²) in [6, 6.07) is 5.95. The Morgan fingerprint density at radius 1 is 1.21 bits per heavy atom. The van der Waals surface area contributed by atoms with E-state index in [0.29, 0.717) is 6.54 Å². The summed E-state index contributed by atoms with van der Waals surface area (Å²) in [5.74, 6) is 0.893. The Balaban J connectivity index is 1.28. The third-order valence-electron chi connectivity index (χ3n) is 5.72. The molecule has 1 amide bonds. The van der Waals surface area contributed by atoms with Crippen molar-refractivity contribution < 1.29 is 9.53 Å². The molecule has 1 unspecified atom stereocenters. The smallest absolute Gasteiger partial charge is 0.231 e. The van der Waals surface area contributed by atoms with E-state index < -0.39 is 0 Å². The number of fused-ring (bicyclic) bond motifs is 2. The van der Waals surface area contributed by atoms with E-state index in [9.17, 15) is 4.79 Å². The molecule has 3 aromatic rings. The van der Waals surface area contributed by atoms with Crippen molar-refractivity contribution >= 4 is 49.1 Å². The van der Waals surface area contributed by atoms with Crippen molar-refractivity contribution in [3.8, 4) is 5.75 Å². The first-order valence-electron chi connectivity index (χ1n) is 10.2. The molecule has 1 N–H and O–H groups in total. The number of amides is 1. The Morgan fingerprint density at radius 2 is 2.10 bits per heavy atom. The third-order valence-corrected chi connectivity index (χ3v) is 7.87. The van der Waals surface area contributed by atoms with E-state index in [1.807, 2.05) is 18.2 Å². The zero-order valence-corrected chi connectivity index (χ0v) is 18.1. The Hall–Kier alpha value is -2.19. The largest absolute Gasteiger partial charge is 0.497 e. The molecule has 1 atom stereocenters. The van der Waals surface area contributed by atoms with Crippen LogP contribution >= 0.6 is 22.7 Å². The molecule has 1 aliphatic carbocycles. The lowest BCUT2D eigenvalue weighted by Crippen LogP contribution is -2.40. The van der Waals surface area contributed by atoms with Crippen molar-refractivity contribution in [2.45, 2.75) is 38.5 Å². The number of nitrogens with zero attached hydrogens (tertiary/aromatic N) is 3. The molecule has 8 heteroatoms. The minimum atomic E-state index is -0.0359. The van der Waals surface area contributed by atoms with Gasteiger partial charge in [-0.25, -0.2) is 9.97 Å². The van der Waals surface area contributed by atoms with E-state index in [-0.39, 0.29) is 11.8 Å². The number of carbonyl (C=O) groups excluding carboxylic acids is 1. The number of aryl methyl sites for hydroxylation is 2. The second-order valence-corrected chi connectivity index (χ2v) is 9.79. The maximum atomic E-state index is 12.9. The summed E-state index contributed by atoms with van der Waals surface area (Å²) in [6.07, 6.45) is 6.48. The van der Waals surface area contributed by atoms with Crippen LogP contribution in [0.1, 0.15) is 36.3 Å². The van der Waals surface area contributed by atoms with E-state index in [1.165, 1.54) is 23.4 Å². The van der Waals surface area contributed by atoms with Gasteiger partial charge in [0.15, 0.2) is 10.3 Å². The fourth-order valence-electron chi connectivity index (χ4n) is 4.13. The van der Waals surface area contributed by atoms with Crippen LogP contribution in [0.25, 0.3) is 10.2 Å². The summed E-state index contributed by atoms with van der Waals surface area (Å²) < 4.78 is 6.43. The predicted molar refractivity (Wildman–Crippen MR) is 118 cm³/mol. The fraction of sp³-hybridized carbons (Fsp3) is 0.476. The van der Waals surface area contributed by atoms with Crippen molar-refractivity contribution in [2.75, 3.05) is 30.4 Å². The van der Waals surface area contributed by atoms with Crippen LogP contribution in [0.3, 0.4) is 0 Å². The first-order valence-corrected chi connectivity index (χ1v) is 11.8. The van der Waals surface area contributed by atoms with Crippen LogP contribution < -0.4 is 15.0 Å². The molecule has 2 aromatic heterocycles. The van der Waals surface area contributed by atoms with Crippen LogP contribution in [0.5, 0.6) is 5.75 Å². The predicted octanol–water partition coefficient (Wildman–Crippen LogP) is 4.50. The van der Waals surface area contributed by atoms with Crippen LogP contribution in [-0.4, -0.2) is 36.1 Å². The van der Waals surface area contributed by atoms with Gasteiger partial charge < -0.3 is 15.0 Å². The molecule has 6 nitrogen and oxygen atoms in total. The number of rotatable bonds is 4. The van der Waals surface area contributed by atoms with Gasteiger partial charge in [0.1, 0.15) is 5.75 Å². The van der Waals surface area contributed by atoms with Gasteiger partial charge in [0.25, 0.3) is 0 Å². The van der Waals surface area contributed by atoms with E-state index in [0.717, 1.165) is 58.5 Å². The van der Waals surface area contributed by atoms with Crippen LogP contribution in [0, 0.1) is 5.92 Å². The van der Waals surface area contributed by atoms with Crippen molar-refractivity contribution in [1.82, 2.24) is 9.97 Å². The van der Waals surface area contributed by atoms with E-state index in [1.54, 1.807) is 29.8 Å². The number of methoxy groups -OCH3 is 1. The van der Waals surface area contributed by atoms with Crippen LogP contribution in [0.2, 0.25) is 0 Å². The number of hydrogen-bond acceptors (Lipinski definition) is 7. The second kappa shape index (κ2) is 7.91. The lowest BCUT2D eigenvalue weighted by Gasteiger charge is -2.31. The van der Waals surface area contributed by atoms with Gasteiger partial charge >= 0.3 is 0 Å². The number of thiazole rings is 2. The molecule has 152 valence electrons. The molecular formula is C21H24N4O2S2. The van der Waals surface area contributed by atoms with Gasteiger partial charge in [-0.15, -0.1) is 11.3 Å². The highest BCUT2D eigenvalue weighted by atomic mass is 32.1. The van der Waals surface area contributed by atoms with E-state index in [4.69, 9.17) is 9.72 Å². The molecule has 1 aromatic carbocycles. The molecule has 2 aliphatic rings. The fourth-order valence-corrected chi connectivity index (χ4v) is 6.21. The summed E-state index contributed by atoms with van der Waals surface area (Å²) >= 11 is 3.31. The Morgan fingerprint density at radius 3 is 2.97 bits per heavy atom. The zero-order chi connectivity index (χ0) is 19.8. The molecule has 0 spiro atoms. The highest BCUT2D eigenvalue weighted by Crippen LogP contribution is 2.34. The van der Waals surface area contributed by atoms with Crippen molar-refractivity contribution in [1.29, 1.82) is 0 Å². The number of benzene rings is 1. The van der Waals surface area contributed by atoms with Gasteiger partial charge in [-0.1, -0.05) is 11.3 Å². The van der Waals surface area contributed by atoms with Gasteiger partial charge in [-0.2, -0.15) is 0 Å². The molecular weight excluding hydrogens is 404 g/mol. The normalized spacial score (nSPS) is 19.2. The Bertz CT molecular complexity index is 1020. The van der Waals surface area contributed by atoms with Crippen LogP contribution in [0.4, 0.5) is 10.3 Å². The van der Waals surface area contributed by atoms with Crippen LogP contribution in [0.15, 0.2) is 18.2 Å². The first kappa shape index (κ1) is 18.8. The molecule has 1 aliphatic heterocycles. The van der Waals surface area contributed by atoms with Gasteiger partial charge in [-0.3, -0.25) is 4.79 Å². The van der Waals surface area contributed by atoms with E-state index >= 15 is 0 Å². The number of carbonyl (C=O) groups is 1. The lowest BCUT2D eigenvalue weighted by molar-refractivity contribution is -0.120. The summed E-state index contributed by atoms with van der Waals surface area (Å²) in [7, 11) is 1.68. The van der Waals surface area contributed by atoms with Crippen molar-refractivity contribution in [2.24, 2.45) is 5.92 Å². The number of aromatic nitrogens is 2. The maximum absolute atomic E-state index is 12.9. The van der Waals surface area contributed by atoms with Crippen molar-refractivity contribution in [3.05, 3.63) is 28.8 Å². The van der Waals surface area contributed by atoms with Gasteiger partial charge in [0.05, 0.1) is 28.9 Å². The Kier molecular flexibility index (Phi) is 5.13. The average Bonchev–Trinajstić information content (AvgIpc) is 3.36. The number of piperidine rings is 1. The molecule has 5 rings (SSSR count). The zero-order valence-electron chi connectivity index (χ0n) is 16.4. The number of anilines is 2. The monoisotopic (exact) mass is 428 g/mol. The minimum absolute atomic E-state index is 0.0359. The SMILES string of the molecule is COc1ccc2nc(N3CCCC(C(=O)Nc4nc5c(s4)CCCC5)C3)sc2c1. The first-order chi connectivity index (χ1) is 14.2. The molecule has 0 bridgehead atoms. The molecule has 0 radical (unpaired) electrons. The quantitative estimate of drug-likeness (QED) is 0.663. The maximum Gasteiger partial charge on any atom is 0.231 e. The number of ether oxygens (including phenoxy) is 1. The summed E-state index contributed by atoms with van der Waals surface area (Å²) in [4.78, 5) is 25.9. The Labute approximate surface area is 177 Å². The standard InChI is InChI=1S/C21H24N4O2S2/c1-27-14-8-9-16-18(11-14)29-21(23-16)25-10-4-5-13(12-25)19(26)24-20-22-15-6-2-3-7-17(15)28-20/h8-9,11,13H,2-7,10,12H2,1H3,(H,22,24,26). The molecule has 3 heterocycles. The third kappa shape index (κ3) is 3.83. The summed E-state index contributed by atoms with van der Waals surface area (Å²) in [5, 5.41) is 4.84. The highest BCUT2D eigenvalue weighted by molar-refractivity contribution is 7.22. The summed E-state index contributed by atoms with van der Waals surface area (Å²) in [5.41, 5.74) is 2.16. The van der Waals surface area contributed by atoms with Gasteiger partial charge in [0.2, 0.25) is 5.91 Å². The molecule has 29 heavy (non-hydrogen) atoms. The molecule has 0 saturated carbocycles.